The number of likely N-dealkylation sites (tertiary alicyclic amines) is 2. The molecule has 2 saturated heterocycles. The Kier molecular flexibility index (Phi) is 7.97. The predicted molar refractivity (Wildman–Crippen MR) is 128 cm³/mol. The lowest BCUT2D eigenvalue weighted by Gasteiger charge is -2.41. The number of amides is 2. The number of piperidine rings is 2. The normalized spacial score (nSPS) is 20.6. The van der Waals surface area contributed by atoms with Crippen molar-refractivity contribution >= 4 is 23.6 Å². The van der Waals surface area contributed by atoms with Gasteiger partial charge in [0.25, 0.3) is 5.91 Å². The molecule has 1 aromatic rings. The van der Waals surface area contributed by atoms with Crippen molar-refractivity contribution in [2.24, 2.45) is 11.1 Å². The highest BCUT2D eigenvalue weighted by molar-refractivity contribution is 6.00. The fourth-order valence-corrected chi connectivity index (χ4v) is 4.64. The van der Waals surface area contributed by atoms with Crippen LogP contribution in [0, 0.1) is 10.8 Å². The minimum absolute atomic E-state index is 0.0579. The molecule has 0 aliphatic carbocycles. The fraction of sp³-hybridized carbons (Fsp3) is 0.600. The molecule has 9 heteroatoms. The Morgan fingerprint density at radius 1 is 1.03 bits per heavy atom. The molecule has 2 aliphatic rings. The van der Waals surface area contributed by atoms with Crippen LogP contribution >= 0.6 is 0 Å². The van der Waals surface area contributed by atoms with Gasteiger partial charge in [-0.25, -0.2) is 4.79 Å². The molecular weight excluding hydrogens is 436 g/mol. The first-order chi connectivity index (χ1) is 16.0. The maximum Gasteiger partial charge on any atom is 0.333 e. The van der Waals surface area contributed by atoms with Gasteiger partial charge < -0.3 is 25.4 Å². The Morgan fingerprint density at radius 3 is 2.15 bits per heavy atom. The van der Waals surface area contributed by atoms with Gasteiger partial charge in [-0.1, -0.05) is 32.9 Å². The monoisotopic (exact) mass is 472 g/mol. The molecule has 2 atom stereocenters. The quantitative estimate of drug-likeness (QED) is 0.430. The van der Waals surface area contributed by atoms with Crippen LogP contribution in [0.1, 0.15) is 68.8 Å². The van der Waals surface area contributed by atoms with Crippen molar-refractivity contribution < 1.29 is 24.2 Å². The number of carbonyl (C=O) groups excluding carboxylic acids is 2. The number of nitrogen functional groups attached to an aromatic ring is 1. The molecule has 0 spiro atoms. The van der Waals surface area contributed by atoms with E-state index in [-0.39, 0.29) is 23.8 Å². The molecule has 2 aliphatic heterocycles. The number of nitrogens with zero attached hydrogens (tertiary/aromatic N) is 2. The van der Waals surface area contributed by atoms with Crippen LogP contribution in [0.4, 0.5) is 0 Å². The Morgan fingerprint density at radius 2 is 1.62 bits per heavy atom. The van der Waals surface area contributed by atoms with E-state index in [2.05, 4.69) is 0 Å². The second-order valence-corrected chi connectivity index (χ2v) is 10.2. The van der Waals surface area contributed by atoms with Crippen molar-refractivity contribution in [2.75, 3.05) is 19.6 Å². The van der Waals surface area contributed by atoms with Crippen LogP contribution in [0.2, 0.25) is 0 Å². The maximum atomic E-state index is 13.4. The summed E-state index contributed by atoms with van der Waals surface area (Å²) in [6, 6.07) is 6.07. The van der Waals surface area contributed by atoms with Crippen LogP contribution in [0.3, 0.4) is 0 Å². The number of hydrogen-bond donors (Lipinski definition) is 3. The molecule has 0 saturated carbocycles. The lowest BCUT2D eigenvalue weighted by molar-refractivity contribution is -0.168. The van der Waals surface area contributed by atoms with Gasteiger partial charge in [0.05, 0.1) is 6.10 Å². The molecule has 2 unspecified atom stereocenters. The van der Waals surface area contributed by atoms with Crippen molar-refractivity contribution in [3.8, 4) is 0 Å². The van der Waals surface area contributed by atoms with Crippen LogP contribution < -0.4 is 5.73 Å². The zero-order valence-corrected chi connectivity index (χ0v) is 20.3. The van der Waals surface area contributed by atoms with E-state index in [0.29, 0.717) is 50.0 Å². The topological polar surface area (TPSA) is 137 Å². The number of carbonyl (C=O) groups is 3. The number of carboxylic acid groups (broad SMARTS) is 1. The maximum absolute atomic E-state index is 13.4. The van der Waals surface area contributed by atoms with Crippen LogP contribution in [0.25, 0.3) is 0 Å². The third kappa shape index (κ3) is 5.94. The molecule has 2 fully saturated rings. The van der Waals surface area contributed by atoms with Gasteiger partial charge in [-0.05, 0) is 49.7 Å². The average Bonchev–Trinajstić information content (AvgIpc) is 2.81. The lowest BCUT2D eigenvalue weighted by Crippen LogP contribution is -2.55. The number of aliphatic carboxylic acids is 1. The van der Waals surface area contributed by atoms with Gasteiger partial charge in [0, 0.05) is 30.8 Å². The highest BCUT2D eigenvalue weighted by Gasteiger charge is 2.39. The summed E-state index contributed by atoms with van der Waals surface area (Å²) in [5, 5.41) is 17.0. The van der Waals surface area contributed by atoms with Gasteiger partial charge in [0.2, 0.25) is 5.91 Å². The predicted octanol–water partition coefficient (Wildman–Crippen LogP) is 2.47. The third-order valence-electron chi connectivity index (χ3n) is 6.58. The van der Waals surface area contributed by atoms with Gasteiger partial charge >= 0.3 is 5.97 Å². The fourth-order valence-electron chi connectivity index (χ4n) is 4.64. The largest absolute Gasteiger partial charge is 0.479 e. The van der Waals surface area contributed by atoms with Crippen LogP contribution in [0.5, 0.6) is 0 Å². The average molecular weight is 473 g/mol. The summed E-state index contributed by atoms with van der Waals surface area (Å²) in [4.78, 5) is 41.7. The standard InChI is InChI=1S/C25H36N4O5/c1-25(2,3)20(24(32)33)34-18-11-14-28(15-12-18)23(31)19-6-4-5-13-29(19)22(30)17-9-7-16(8-10-17)21(26)27/h7-10,18-20H,4-6,11-15H2,1-3H3,(H3,26,27)(H,32,33). The Hall–Kier alpha value is -2.94. The summed E-state index contributed by atoms with van der Waals surface area (Å²) in [5.41, 5.74) is 5.99. The summed E-state index contributed by atoms with van der Waals surface area (Å²) >= 11 is 0. The van der Waals surface area contributed by atoms with Gasteiger partial charge in [0.1, 0.15) is 11.9 Å². The van der Waals surface area contributed by atoms with E-state index in [1.54, 1.807) is 34.1 Å². The first-order valence-electron chi connectivity index (χ1n) is 11.9. The SMILES string of the molecule is CC(C)(C)C(OC1CCN(C(=O)C2CCCCN2C(=O)c2ccc(C(=N)N)cc2)CC1)C(=O)O. The molecule has 2 heterocycles. The summed E-state index contributed by atoms with van der Waals surface area (Å²) in [5.74, 6) is -1.29. The minimum Gasteiger partial charge on any atom is -0.479 e. The minimum atomic E-state index is -0.973. The van der Waals surface area contributed by atoms with E-state index < -0.39 is 23.5 Å². The van der Waals surface area contributed by atoms with Gasteiger partial charge in [-0.2, -0.15) is 0 Å². The number of carboxylic acids is 1. The lowest BCUT2D eigenvalue weighted by atomic mass is 9.88. The molecule has 9 nitrogen and oxygen atoms in total. The number of benzene rings is 1. The van der Waals surface area contributed by atoms with Crippen LogP contribution in [-0.2, 0) is 14.3 Å². The Labute approximate surface area is 200 Å². The van der Waals surface area contributed by atoms with Crippen molar-refractivity contribution in [1.82, 2.24) is 9.80 Å². The number of rotatable bonds is 6. The second kappa shape index (κ2) is 10.5. The molecule has 1 aromatic carbocycles. The summed E-state index contributed by atoms with van der Waals surface area (Å²) in [6.07, 6.45) is 2.37. The molecular formula is C25H36N4O5. The summed E-state index contributed by atoms with van der Waals surface area (Å²) in [6.45, 7) is 7.00. The van der Waals surface area contributed by atoms with Gasteiger partial charge in [-0.3, -0.25) is 15.0 Å². The van der Waals surface area contributed by atoms with Crippen molar-refractivity contribution in [1.29, 1.82) is 5.41 Å². The second-order valence-electron chi connectivity index (χ2n) is 10.2. The zero-order chi connectivity index (χ0) is 25.0. The van der Waals surface area contributed by atoms with Crippen molar-refractivity contribution in [3.63, 3.8) is 0 Å². The van der Waals surface area contributed by atoms with E-state index in [9.17, 15) is 19.5 Å². The van der Waals surface area contributed by atoms with Crippen molar-refractivity contribution in [2.45, 2.75) is 71.1 Å². The Balaban J connectivity index is 1.63. The number of ether oxygens (including phenoxy) is 1. The summed E-state index contributed by atoms with van der Waals surface area (Å²) in [7, 11) is 0. The number of nitrogens with two attached hydrogens (primary N) is 1. The molecule has 0 radical (unpaired) electrons. The van der Waals surface area contributed by atoms with E-state index in [1.807, 2.05) is 20.8 Å². The van der Waals surface area contributed by atoms with E-state index >= 15 is 0 Å². The van der Waals surface area contributed by atoms with E-state index in [1.165, 1.54) is 0 Å². The molecule has 186 valence electrons. The number of amidine groups is 1. The first kappa shape index (κ1) is 25.7. The third-order valence-corrected chi connectivity index (χ3v) is 6.58. The first-order valence-corrected chi connectivity index (χ1v) is 11.9. The number of nitrogens with one attached hydrogen (secondary N) is 1. The highest BCUT2D eigenvalue weighted by Crippen LogP contribution is 2.28. The molecule has 3 rings (SSSR count). The highest BCUT2D eigenvalue weighted by atomic mass is 16.5. The van der Waals surface area contributed by atoms with Crippen LogP contribution in [-0.4, -0.2) is 76.4 Å². The van der Waals surface area contributed by atoms with Gasteiger partial charge in [0.15, 0.2) is 6.10 Å². The number of hydrogen-bond acceptors (Lipinski definition) is 5. The smallest absolute Gasteiger partial charge is 0.333 e. The molecule has 4 N–H and O–H groups in total. The molecule has 34 heavy (non-hydrogen) atoms. The summed E-state index contributed by atoms with van der Waals surface area (Å²) < 4.78 is 5.91. The zero-order valence-electron chi connectivity index (χ0n) is 20.3. The van der Waals surface area contributed by atoms with Crippen molar-refractivity contribution in [3.05, 3.63) is 35.4 Å². The van der Waals surface area contributed by atoms with E-state index in [0.717, 1.165) is 12.8 Å². The van der Waals surface area contributed by atoms with E-state index in [4.69, 9.17) is 15.9 Å². The van der Waals surface area contributed by atoms with Crippen LogP contribution in [0.15, 0.2) is 24.3 Å². The molecule has 2 amide bonds. The van der Waals surface area contributed by atoms with Gasteiger partial charge in [-0.15, -0.1) is 0 Å². The molecule has 0 bridgehead atoms. The molecule has 0 aromatic heterocycles. The Bertz CT molecular complexity index is 916.